The lowest BCUT2D eigenvalue weighted by Crippen LogP contribution is -2.41. The number of nitrogens with zero attached hydrogens (tertiary/aromatic N) is 2. The molecule has 0 spiro atoms. The van der Waals surface area contributed by atoms with Crippen LogP contribution in [0.1, 0.15) is 11.1 Å². The summed E-state index contributed by atoms with van der Waals surface area (Å²) in [4.78, 5) is 17.3. The Balaban J connectivity index is 1.80. The molecule has 31 heavy (non-hydrogen) atoms. The second-order valence-electron chi connectivity index (χ2n) is 7.06. The van der Waals surface area contributed by atoms with Gasteiger partial charge in [0.15, 0.2) is 5.78 Å². The fourth-order valence-electron chi connectivity index (χ4n) is 3.36. The number of piperidine rings is 1. The summed E-state index contributed by atoms with van der Waals surface area (Å²) in [7, 11) is -3.85. The third-order valence-corrected chi connectivity index (χ3v) is 6.75. The van der Waals surface area contributed by atoms with Gasteiger partial charge in [-0.15, -0.1) is 0 Å². The first-order valence-corrected chi connectivity index (χ1v) is 11.0. The van der Waals surface area contributed by atoms with Gasteiger partial charge in [-0.05, 0) is 48.0 Å². The molecule has 2 heterocycles. The fraction of sp³-hybridized carbons (Fsp3) is 0.0833. The van der Waals surface area contributed by atoms with Gasteiger partial charge in [0, 0.05) is 42.2 Å². The van der Waals surface area contributed by atoms with Crippen molar-refractivity contribution in [1.29, 1.82) is 0 Å². The van der Waals surface area contributed by atoms with Gasteiger partial charge in [-0.2, -0.15) is 4.31 Å². The highest BCUT2D eigenvalue weighted by Gasteiger charge is 2.34. The molecule has 0 bridgehead atoms. The minimum atomic E-state index is -3.85. The Morgan fingerprint density at radius 2 is 1.45 bits per heavy atom. The van der Waals surface area contributed by atoms with E-state index < -0.39 is 15.8 Å². The van der Waals surface area contributed by atoms with Crippen molar-refractivity contribution < 1.29 is 17.6 Å². The molecule has 0 N–H and O–H groups in total. The van der Waals surface area contributed by atoms with E-state index in [9.17, 15) is 17.6 Å². The molecule has 0 radical (unpaired) electrons. The minimum absolute atomic E-state index is 0.0764. The van der Waals surface area contributed by atoms with E-state index in [4.69, 9.17) is 0 Å². The molecule has 7 heteroatoms. The summed E-state index contributed by atoms with van der Waals surface area (Å²) in [5, 5.41) is 0. The summed E-state index contributed by atoms with van der Waals surface area (Å²) in [5.41, 5.74) is 1.46. The Labute approximate surface area is 180 Å². The Morgan fingerprint density at radius 3 is 2.13 bits per heavy atom. The summed E-state index contributed by atoms with van der Waals surface area (Å²) < 4.78 is 41.9. The number of rotatable bonds is 4. The van der Waals surface area contributed by atoms with Gasteiger partial charge >= 0.3 is 0 Å². The zero-order valence-electron chi connectivity index (χ0n) is 16.5. The van der Waals surface area contributed by atoms with Crippen LogP contribution in [0.2, 0.25) is 0 Å². The first-order valence-electron chi connectivity index (χ1n) is 9.61. The van der Waals surface area contributed by atoms with E-state index in [1.807, 2.05) is 0 Å². The molecule has 5 nitrogen and oxygen atoms in total. The monoisotopic (exact) mass is 434 g/mol. The highest BCUT2D eigenvalue weighted by atomic mass is 32.2. The van der Waals surface area contributed by atoms with E-state index in [1.165, 1.54) is 28.6 Å². The smallest absolute Gasteiger partial charge is 0.243 e. The maximum atomic E-state index is 14.2. The number of benzene rings is 2. The molecule has 0 aliphatic carbocycles. The van der Waals surface area contributed by atoms with Gasteiger partial charge in [0.2, 0.25) is 10.0 Å². The highest BCUT2D eigenvalue weighted by molar-refractivity contribution is 7.89. The largest absolute Gasteiger partial charge is 0.289 e. The third-order valence-electron chi connectivity index (χ3n) is 4.94. The van der Waals surface area contributed by atoms with Gasteiger partial charge < -0.3 is 0 Å². The van der Waals surface area contributed by atoms with Crippen molar-refractivity contribution in [1.82, 2.24) is 9.29 Å². The van der Waals surface area contributed by atoms with Crippen LogP contribution in [0.15, 0.2) is 95.2 Å². The molecule has 1 saturated heterocycles. The summed E-state index contributed by atoms with van der Waals surface area (Å²) in [6.07, 6.45) is 6.25. The number of carbonyl (C=O) groups excluding carboxylic acids is 1. The number of hydrogen-bond acceptors (Lipinski definition) is 4. The van der Waals surface area contributed by atoms with E-state index in [-0.39, 0.29) is 34.9 Å². The average molecular weight is 434 g/mol. The zero-order chi connectivity index (χ0) is 21.8. The summed E-state index contributed by atoms with van der Waals surface area (Å²) >= 11 is 0. The molecule has 156 valence electrons. The number of ketones is 1. The van der Waals surface area contributed by atoms with Crippen LogP contribution in [-0.4, -0.2) is 36.6 Å². The van der Waals surface area contributed by atoms with Gasteiger partial charge in [0.05, 0.1) is 4.90 Å². The Hall–Kier alpha value is -3.42. The molecule has 0 unspecified atom stereocenters. The second-order valence-corrected chi connectivity index (χ2v) is 8.99. The predicted octanol–water partition coefficient (Wildman–Crippen LogP) is 3.96. The molecule has 2 aromatic carbocycles. The van der Waals surface area contributed by atoms with Crippen LogP contribution in [0.25, 0.3) is 12.2 Å². The van der Waals surface area contributed by atoms with Gasteiger partial charge in [-0.1, -0.05) is 36.4 Å². The Morgan fingerprint density at radius 1 is 0.839 bits per heavy atom. The lowest BCUT2D eigenvalue weighted by molar-refractivity contribution is -0.113. The van der Waals surface area contributed by atoms with E-state index in [1.54, 1.807) is 67.0 Å². The normalized spacial score (nSPS) is 17.9. The lowest BCUT2D eigenvalue weighted by Gasteiger charge is -2.29. The molecule has 4 rings (SSSR count). The maximum absolute atomic E-state index is 14.2. The van der Waals surface area contributed by atoms with E-state index >= 15 is 0 Å². The molecule has 0 atom stereocenters. The zero-order valence-corrected chi connectivity index (χ0v) is 17.3. The summed E-state index contributed by atoms with van der Waals surface area (Å²) in [5.74, 6) is -0.787. The van der Waals surface area contributed by atoms with Gasteiger partial charge in [-0.3, -0.25) is 9.78 Å². The molecule has 1 aromatic heterocycles. The van der Waals surface area contributed by atoms with Crippen molar-refractivity contribution in [3.05, 3.63) is 107 Å². The number of hydrogen-bond donors (Lipinski definition) is 0. The average Bonchev–Trinajstić information content (AvgIpc) is 2.79. The molecular formula is C24H19FN2O3S. The van der Waals surface area contributed by atoms with Gasteiger partial charge in [-0.25, -0.2) is 12.8 Å². The standard InChI is InChI=1S/C24H19FN2O3S/c25-23-9-5-4-6-19(23)15-21-17-27(31(29,30)22-7-2-1-3-8-22)16-20(24(21)28)14-18-10-12-26-13-11-18/h1-15H,16-17H2/b20-14+,21-15+. The molecule has 1 aliphatic heterocycles. The minimum Gasteiger partial charge on any atom is -0.289 e. The Kier molecular flexibility index (Phi) is 5.88. The van der Waals surface area contributed by atoms with Crippen molar-refractivity contribution >= 4 is 28.0 Å². The van der Waals surface area contributed by atoms with Crippen LogP contribution in [0.5, 0.6) is 0 Å². The van der Waals surface area contributed by atoms with Crippen LogP contribution in [0.4, 0.5) is 4.39 Å². The second kappa shape index (κ2) is 8.75. The summed E-state index contributed by atoms with van der Waals surface area (Å²) in [6, 6.07) is 17.6. The lowest BCUT2D eigenvalue weighted by atomic mass is 9.95. The van der Waals surface area contributed by atoms with Crippen molar-refractivity contribution in [3.63, 3.8) is 0 Å². The number of carbonyl (C=O) groups is 1. The van der Waals surface area contributed by atoms with Gasteiger partial charge in [0.25, 0.3) is 0 Å². The topological polar surface area (TPSA) is 67.3 Å². The highest BCUT2D eigenvalue weighted by Crippen LogP contribution is 2.27. The van der Waals surface area contributed by atoms with Crippen LogP contribution >= 0.6 is 0 Å². The maximum Gasteiger partial charge on any atom is 0.243 e. The predicted molar refractivity (Wildman–Crippen MR) is 117 cm³/mol. The van der Waals surface area contributed by atoms with Crippen molar-refractivity contribution in [2.24, 2.45) is 0 Å². The Bertz CT molecular complexity index is 1270. The van der Waals surface area contributed by atoms with E-state index in [0.29, 0.717) is 5.57 Å². The van der Waals surface area contributed by atoms with Gasteiger partial charge in [0.1, 0.15) is 5.82 Å². The van der Waals surface area contributed by atoms with Crippen molar-refractivity contribution in [2.45, 2.75) is 4.90 Å². The van der Waals surface area contributed by atoms with Crippen molar-refractivity contribution in [2.75, 3.05) is 13.1 Å². The van der Waals surface area contributed by atoms with Crippen LogP contribution in [-0.2, 0) is 14.8 Å². The molecule has 1 aliphatic rings. The fourth-order valence-corrected chi connectivity index (χ4v) is 4.78. The summed E-state index contributed by atoms with van der Waals surface area (Å²) in [6.45, 7) is -0.217. The molecule has 0 amide bonds. The van der Waals surface area contributed by atoms with Crippen molar-refractivity contribution in [3.8, 4) is 0 Å². The molecule has 3 aromatic rings. The number of halogens is 1. The van der Waals surface area contributed by atoms with Crippen LogP contribution in [0.3, 0.4) is 0 Å². The molecule has 0 saturated carbocycles. The molecule has 1 fully saturated rings. The number of pyridine rings is 1. The third kappa shape index (κ3) is 4.52. The number of sulfonamides is 1. The number of aromatic nitrogens is 1. The number of Topliss-reactive ketones (excluding diaryl/α,β-unsaturated/α-hetero) is 1. The quantitative estimate of drug-likeness (QED) is 0.583. The van der Waals surface area contributed by atoms with E-state index in [2.05, 4.69) is 4.98 Å². The first-order chi connectivity index (χ1) is 14.9. The molecular weight excluding hydrogens is 415 g/mol. The van der Waals surface area contributed by atoms with E-state index in [0.717, 1.165) is 5.56 Å². The van der Waals surface area contributed by atoms with Crippen LogP contribution in [0, 0.1) is 5.82 Å². The first kappa shape index (κ1) is 20.8. The SMILES string of the molecule is O=C1/C(=C/c2ccncc2)CN(S(=O)(=O)c2ccccc2)C/C1=C\c1ccccc1F. The van der Waals surface area contributed by atoms with Crippen LogP contribution < -0.4 is 0 Å².